The van der Waals surface area contributed by atoms with Crippen LogP contribution in [-0.2, 0) is 0 Å². The van der Waals surface area contributed by atoms with Gasteiger partial charge in [0.1, 0.15) is 17.2 Å². The van der Waals surface area contributed by atoms with Crippen LogP contribution >= 0.6 is 0 Å². The molecule has 0 spiro atoms. The van der Waals surface area contributed by atoms with Crippen LogP contribution in [0.3, 0.4) is 0 Å². The fraction of sp³-hybridized carbons (Fsp3) is 0.294. The van der Waals surface area contributed by atoms with E-state index in [1.54, 1.807) is 21.3 Å². The highest BCUT2D eigenvalue weighted by Gasteiger charge is 2.18. The van der Waals surface area contributed by atoms with Crippen LogP contribution < -0.4 is 19.5 Å². The van der Waals surface area contributed by atoms with Crippen molar-refractivity contribution in [1.29, 1.82) is 0 Å². The lowest BCUT2D eigenvalue weighted by molar-refractivity contribution is 0.391. The Morgan fingerprint density at radius 1 is 0.857 bits per heavy atom. The fourth-order valence-electron chi connectivity index (χ4n) is 2.40. The normalized spacial score (nSPS) is 11.8. The monoisotopic (exact) mass is 287 g/mol. The lowest BCUT2D eigenvalue weighted by atomic mass is 9.97. The van der Waals surface area contributed by atoms with Gasteiger partial charge >= 0.3 is 0 Å². The maximum atomic E-state index is 5.46. The average molecular weight is 287 g/mol. The summed E-state index contributed by atoms with van der Waals surface area (Å²) < 4.78 is 16.2. The first-order chi connectivity index (χ1) is 10.2. The zero-order valence-corrected chi connectivity index (χ0v) is 12.8. The SMILES string of the molecule is CNC(c1cc(OC)cc(OC)c1)c1ccccc1OC. The molecule has 112 valence electrons. The minimum absolute atomic E-state index is 0.00912. The van der Waals surface area contributed by atoms with Gasteiger partial charge in [-0.25, -0.2) is 0 Å². The zero-order valence-electron chi connectivity index (χ0n) is 12.8. The molecule has 0 radical (unpaired) electrons. The number of ether oxygens (including phenoxy) is 3. The highest BCUT2D eigenvalue weighted by atomic mass is 16.5. The summed E-state index contributed by atoms with van der Waals surface area (Å²) in [5.41, 5.74) is 2.12. The summed E-state index contributed by atoms with van der Waals surface area (Å²) >= 11 is 0. The van der Waals surface area contributed by atoms with Gasteiger partial charge in [0, 0.05) is 11.6 Å². The summed E-state index contributed by atoms with van der Waals surface area (Å²) in [7, 11) is 6.90. The quantitative estimate of drug-likeness (QED) is 0.886. The van der Waals surface area contributed by atoms with E-state index in [9.17, 15) is 0 Å². The zero-order chi connectivity index (χ0) is 15.2. The third-order valence-electron chi connectivity index (χ3n) is 3.45. The van der Waals surface area contributed by atoms with Crippen molar-refractivity contribution in [2.45, 2.75) is 6.04 Å². The van der Waals surface area contributed by atoms with Gasteiger partial charge < -0.3 is 19.5 Å². The fourth-order valence-corrected chi connectivity index (χ4v) is 2.40. The molecule has 2 aromatic carbocycles. The minimum Gasteiger partial charge on any atom is -0.497 e. The Labute approximate surface area is 125 Å². The molecule has 0 bridgehead atoms. The maximum Gasteiger partial charge on any atom is 0.123 e. The molecule has 4 nitrogen and oxygen atoms in total. The molecule has 4 heteroatoms. The van der Waals surface area contributed by atoms with Crippen LogP contribution in [0.15, 0.2) is 42.5 Å². The number of methoxy groups -OCH3 is 3. The molecule has 2 aromatic rings. The average Bonchev–Trinajstić information content (AvgIpc) is 2.55. The lowest BCUT2D eigenvalue weighted by Crippen LogP contribution is -2.18. The molecule has 1 N–H and O–H groups in total. The molecule has 21 heavy (non-hydrogen) atoms. The summed E-state index contributed by atoms with van der Waals surface area (Å²) in [6.07, 6.45) is 0. The molecule has 0 heterocycles. The van der Waals surface area contributed by atoms with Crippen molar-refractivity contribution in [3.05, 3.63) is 53.6 Å². The Kier molecular flexibility index (Phi) is 5.06. The molecular formula is C17H21NO3. The molecule has 1 atom stereocenters. The van der Waals surface area contributed by atoms with Gasteiger partial charge in [0.25, 0.3) is 0 Å². The van der Waals surface area contributed by atoms with Gasteiger partial charge in [-0.2, -0.15) is 0 Å². The van der Waals surface area contributed by atoms with Gasteiger partial charge in [0.15, 0.2) is 0 Å². The van der Waals surface area contributed by atoms with E-state index in [1.165, 1.54) is 0 Å². The summed E-state index contributed by atoms with van der Waals surface area (Å²) in [6.45, 7) is 0. The third kappa shape index (κ3) is 3.28. The maximum absolute atomic E-state index is 5.46. The molecule has 0 saturated carbocycles. The number of para-hydroxylation sites is 1. The van der Waals surface area contributed by atoms with Crippen LogP contribution in [0.25, 0.3) is 0 Å². The second-order valence-corrected chi connectivity index (χ2v) is 4.61. The first-order valence-corrected chi connectivity index (χ1v) is 6.76. The molecule has 0 aliphatic carbocycles. The standard InChI is InChI=1S/C17H21NO3/c1-18-17(15-7-5-6-8-16(15)21-4)12-9-13(19-2)11-14(10-12)20-3/h5-11,17-18H,1-4H3. The summed E-state index contributed by atoms with van der Waals surface area (Å²) in [5, 5.41) is 3.32. The van der Waals surface area contributed by atoms with Gasteiger partial charge in [-0.15, -0.1) is 0 Å². The Balaban J connectivity index is 2.50. The number of hydrogen-bond donors (Lipinski definition) is 1. The first-order valence-electron chi connectivity index (χ1n) is 6.76. The van der Waals surface area contributed by atoms with Crippen molar-refractivity contribution in [3.63, 3.8) is 0 Å². The Bertz CT molecular complexity index is 576. The van der Waals surface area contributed by atoms with Gasteiger partial charge in [-0.1, -0.05) is 18.2 Å². The van der Waals surface area contributed by atoms with Crippen molar-refractivity contribution in [1.82, 2.24) is 5.32 Å². The summed E-state index contributed by atoms with van der Waals surface area (Å²) in [5.74, 6) is 2.37. The number of nitrogens with one attached hydrogen (secondary N) is 1. The van der Waals surface area contributed by atoms with Crippen LogP contribution in [0.4, 0.5) is 0 Å². The van der Waals surface area contributed by atoms with E-state index in [0.29, 0.717) is 0 Å². The van der Waals surface area contributed by atoms with Crippen molar-refractivity contribution in [3.8, 4) is 17.2 Å². The second kappa shape index (κ2) is 6.99. The van der Waals surface area contributed by atoms with E-state index < -0.39 is 0 Å². The van der Waals surface area contributed by atoms with Crippen LogP contribution in [0.5, 0.6) is 17.2 Å². The lowest BCUT2D eigenvalue weighted by Gasteiger charge is -2.21. The van der Waals surface area contributed by atoms with E-state index in [4.69, 9.17) is 14.2 Å². The van der Waals surface area contributed by atoms with Crippen molar-refractivity contribution < 1.29 is 14.2 Å². The molecule has 2 rings (SSSR count). The molecule has 0 saturated heterocycles. The highest BCUT2D eigenvalue weighted by Crippen LogP contribution is 2.33. The molecule has 1 unspecified atom stereocenters. The van der Waals surface area contributed by atoms with Gasteiger partial charge in [0.2, 0.25) is 0 Å². The van der Waals surface area contributed by atoms with Gasteiger partial charge in [-0.3, -0.25) is 0 Å². The predicted molar refractivity (Wildman–Crippen MR) is 83.4 cm³/mol. The molecule has 0 aliphatic heterocycles. The largest absolute Gasteiger partial charge is 0.497 e. The van der Waals surface area contributed by atoms with Crippen LogP contribution in [0, 0.1) is 0 Å². The predicted octanol–water partition coefficient (Wildman–Crippen LogP) is 3.02. The van der Waals surface area contributed by atoms with Gasteiger partial charge in [0.05, 0.1) is 27.4 Å². The van der Waals surface area contributed by atoms with E-state index in [2.05, 4.69) is 5.32 Å². The number of hydrogen-bond acceptors (Lipinski definition) is 4. The molecular weight excluding hydrogens is 266 g/mol. The summed E-state index contributed by atoms with van der Waals surface area (Å²) in [6, 6.07) is 13.8. The Hall–Kier alpha value is -2.20. The van der Waals surface area contributed by atoms with Crippen molar-refractivity contribution >= 4 is 0 Å². The van der Waals surface area contributed by atoms with Crippen LogP contribution in [0.1, 0.15) is 17.2 Å². The number of benzene rings is 2. The van der Waals surface area contributed by atoms with Crippen molar-refractivity contribution in [2.75, 3.05) is 28.4 Å². The van der Waals surface area contributed by atoms with Crippen molar-refractivity contribution in [2.24, 2.45) is 0 Å². The Morgan fingerprint density at radius 3 is 2.00 bits per heavy atom. The number of rotatable bonds is 6. The smallest absolute Gasteiger partial charge is 0.123 e. The minimum atomic E-state index is -0.00912. The molecule has 0 fully saturated rings. The van der Waals surface area contributed by atoms with E-state index in [-0.39, 0.29) is 6.04 Å². The molecule has 0 aromatic heterocycles. The van der Waals surface area contributed by atoms with E-state index >= 15 is 0 Å². The highest BCUT2D eigenvalue weighted by molar-refractivity contribution is 5.46. The molecule has 0 aliphatic rings. The molecule has 0 amide bonds. The van der Waals surface area contributed by atoms with E-state index in [1.807, 2.05) is 49.5 Å². The van der Waals surface area contributed by atoms with Gasteiger partial charge in [-0.05, 0) is 30.8 Å². The Morgan fingerprint density at radius 2 is 1.48 bits per heavy atom. The summed E-state index contributed by atoms with van der Waals surface area (Å²) in [4.78, 5) is 0. The second-order valence-electron chi connectivity index (χ2n) is 4.61. The van der Waals surface area contributed by atoms with Crippen LogP contribution in [-0.4, -0.2) is 28.4 Å². The third-order valence-corrected chi connectivity index (χ3v) is 3.45. The van der Waals surface area contributed by atoms with Crippen LogP contribution in [0.2, 0.25) is 0 Å². The topological polar surface area (TPSA) is 39.7 Å². The first kappa shape index (κ1) is 15.2. The van der Waals surface area contributed by atoms with E-state index in [0.717, 1.165) is 28.4 Å².